The van der Waals surface area contributed by atoms with E-state index in [1.54, 1.807) is 0 Å². The molecule has 1 saturated heterocycles. The van der Waals surface area contributed by atoms with Gasteiger partial charge < -0.3 is 10.1 Å². The van der Waals surface area contributed by atoms with Crippen LogP contribution in [0.3, 0.4) is 0 Å². The smallest absolute Gasteiger partial charge is 0.220 e. The molecule has 1 aliphatic heterocycles. The van der Waals surface area contributed by atoms with Crippen LogP contribution in [0.4, 0.5) is 0 Å². The van der Waals surface area contributed by atoms with Crippen LogP contribution in [0.25, 0.3) is 0 Å². The SMILES string of the molecule is CCCC(=O)NC1(C)CCOCC1. The molecule has 3 heteroatoms. The Morgan fingerprint density at radius 2 is 2.08 bits per heavy atom. The zero-order valence-electron chi connectivity index (χ0n) is 8.56. The van der Waals surface area contributed by atoms with Crippen LogP contribution in [0.1, 0.15) is 39.5 Å². The topological polar surface area (TPSA) is 38.3 Å². The highest BCUT2D eigenvalue weighted by Gasteiger charge is 2.28. The van der Waals surface area contributed by atoms with Gasteiger partial charge in [0.1, 0.15) is 0 Å². The Labute approximate surface area is 79.8 Å². The second-order valence-corrected chi connectivity index (χ2v) is 3.97. The molecule has 1 amide bonds. The van der Waals surface area contributed by atoms with Gasteiger partial charge in [0.25, 0.3) is 0 Å². The summed E-state index contributed by atoms with van der Waals surface area (Å²) in [5.74, 6) is 0.173. The van der Waals surface area contributed by atoms with E-state index in [-0.39, 0.29) is 11.4 Å². The lowest BCUT2D eigenvalue weighted by Gasteiger charge is -2.34. The van der Waals surface area contributed by atoms with Crippen molar-refractivity contribution >= 4 is 5.91 Å². The lowest BCUT2D eigenvalue weighted by Crippen LogP contribution is -2.49. The molecule has 1 rings (SSSR count). The number of carbonyl (C=O) groups is 1. The molecule has 1 N–H and O–H groups in total. The summed E-state index contributed by atoms with van der Waals surface area (Å²) >= 11 is 0. The standard InChI is InChI=1S/C10H19NO2/c1-3-4-9(12)11-10(2)5-7-13-8-6-10/h3-8H2,1-2H3,(H,11,12). The van der Waals surface area contributed by atoms with E-state index in [0.717, 1.165) is 32.5 Å². The zero-order chi connectivity index (χ0) is 9.73. The number of carbonyl (C=O) groups excluding carboxylic acids is 1. The van der Waals surface area contributed by atoms with Crippen LogP contribution in [0.2, 0.25) is 0 Å². The Morgan fingerprint density at radius 3 is 2.62 bits per heavy atom. The number of rotatable bonds is 3. The number of nitrogens with one attached hydrogen (secondary N) is 1. The molecule has 0 aromatic rings. The lowest BCUT2D eigenvalue weighted by molar-refractivity contribution is -0.124. The molecule has 0 atom stereocenters. The fraction of sp³-hybridized carbons (Fsp3) is 0.900. The van der Waals surface area contributed by atoms with Gasteiger partial charge >= 0.3 is 0 Å². The van der Waals surface area contributed by atoms with Crippen molar-refractivity contribution in [3.8, 4) is 0 Å². The first kappa shape index (κ1) is 10.5. The third kappa shape index (κ3) is 3.35. The predicted octanol–water partition coefficient (Wildman–Crippen LogP) is 1.47. The van der Waals surface area contributed by atoms with E-state index in [1.807, 2.05) is 6.92 Å². The Balaban J connectivity index is 2.36. The molecule has 0 saturated carbocycles. The van der Waals surface area contributed by atoms with Crippen molar-refractivity contribution in [2.24, 2.45) is 0 Å². The van der Waals surface area contributed by atoms with Crippen molar-refractivity contribution < 1.29 is 9.53 Å². The molecule has 13 heavy (non-hydrogen) atoms. The monoisotopic (exact) mass is 185 g/mol. The third-order valence-electron chi connectivity index (χ3n) is 2.51. The highest BCUT2D eigenvalue weighted by Crippen LogP contribution is 2.19. The summed E-state index contributed by atoms with van der Waals surface area (Å²) in [6.45, 7) is 5.65. The van der Waals surface area contributed by atoms with Gasteiger partial charge in [-0.25, -0.2) is 0 Å². The number of hydrogen-bond donors (Lipinski definition) is 1. The van der Waals surface area contributed by atoms with Gasteiger partial charge in [-0.15, -0.1) is 0 Å². The van der Waals surface area contributed by atoms with Gasteiger partial charge in [0.05, 0.1) is 0 Å². The van der Waals surface area contributed by atoms with Crippen LogP contribution in [-0.4, -0.2) is 24.7 Å². The summed E-state index contributed by atoms with van der Waals surface area (Å²) < 4.78 is 5.26. The maximum atomic E-state index is 11.4. The number of hydrogen-bond acceptors (Lipinski definition) is 2. The van der Waals surface area contributed by atoms with Gasteiger partial charge in [-0.1, -0.05) is 6.92 Å². The van der Waals surface area contributed by atoms with Crippen LogP contribution in [-0.2, 0) is 9.53 Å². The van der Waals surface area contributed by atoms with Crippen molar-refractivity contribution in [3.63, 3.8) is 0 Å². The van der Waals surface area contributed by atoms with Crippen LogP contribution in [0, 0.1) is 0 Å². The lowest BCUT2D eigenvalue weighted by atomic mass is 9.92. The van der Waals surface area contributed by atoms with Crippen molar-refractivity contribution in [2.45, 2.75) is 45.1 Å². The van der Waals surface area contributed by atoms with Gasteiger partial charge in [0.2, 0.25) is 5.91 Å². The summed E-state index contributed by atoms with van der Waals surface area (Å²) in [5.41, 5.74) is -0.0233. The van der Waals surface area contributed by atoms with Crippen molar-refractivity contribution in [1.29, 1.82) is 0 Å². The summed E-state index contributed by atoms with van der Waals surface area (Å²) in [7, 11) is 0. The molecule has 0 aromatic heterocycles. The molecular weight excluding hydrogens is 166 g/mol. The Morgan fingerprint density at radius 1 is 1.46 bits per heavy atom. The number of ether oxygens (including phenoxy) is 1. The van der Waals surface area contributed by atoms with Crippen LogP contribution >= 0.6 is 0 Å². The van der Waals surface area contributed by atoms with E-state index in [9.17, 15) is 4.79 Å². The summed E-state index contributed by atoms with van der Waals surface area (Å²) in [5, 5.41) is 3.08. The average molecular weight is 185 g/mol. The number of amides is 1. The van der Waals surface area contributed by atoms with E-state index in [0.29, 0.717) is 6.42 Å². The maximum absolute atomic E-state index is 11.4. The molecule has 0 radical (unpaired) electrons. The molecule has 1 heterocycles. The zero-order valence-corrected chi connectivity index (χ0v) is 8.56. The van der Waals surface area contributed by atoms with Gasteiger partial charge in [0.15, 0.2) is 0 Å². The van der Waals surface area contributed by atoms with Gasteiger partial charge in [0, 0.05) is 25.2 Å². The predicted molar refractivity (Wildman–Crippen MR) is 51.5 cm³/mol. The van der Waals surface area contributed by atoms with Gasteiger partial charge in [-0.05, 0) is 26.2 Å². The fourth-order valence-corrected chi connectivity index (χ4v) is 1.57. The molecule has 0 aliphatic carbocycles. The van der Waals surface area contributed by atoms with Crippen molar-refractivity contribution in [2.75, 3.05) is 13.2 Å². The van der Waals surface area contributed by atoms with E-state index >= 15 is 0 Å². The summed E-state index contributed by atoms with van der Waals surface area (Å²) in [6, 6.07) is 0. The minimum Gasteiger partial charge on any atom is -0.381 e. The Bertz CT molecular complexity index is 174. The molecule has 0 aromatic carbocycles. The minimum absolute atomic E-state index is 0.0233. The van der Waals surface area contributed by atoms with Gasteiger partial charge in [-0.2, -0.15) is 0 Å². The quantitative estimate of drug-likeness (QED) is 0.723. The first-order valence-electron chi connectivity index (χ1n) is 5.05. The molecule has 0 spiro atoms. The van der Waals surface area contributed by atoms with Crippen LogP contribution < -0.4 is 5.32 Å². The van der Waals surface area contributed by atoms with E-state index in [4.69, 9.17) is 4.74 Å². The van der Waals surface area contributed by atoms with Crippen LogP contribution in [0.15, 0.2) is 0 Å². The molecule has 0 bridgehead atoms. The molecule has 0 unspecified atom stereocenters. The molecular formula is C10H19NO2. The van der Waals surface area contributed by atoms with E-state index < -0.39 is 0 Å². The Kier molecular flexibility index (Phi) is 3.72. The molecule has 76 valence electrons. The largest absolute Gasteiger partial charge is 0.381 e. The summed E-state index contributed by atoms with van der Waals surface area (Å²) in [4.78, 5) is 11.4. The van der Waals surface area contributed by atoms with E-state index in [2.05, 4.69) is 12.2 Å². The maximum Gasteiger partial charge on any atom is 0.220 e. The van der Waals surface area contributed by atoms with Crippen LogP contribution in [0.5, 0.6) is 0 Å². The summed E-state index contributed by atoms with van der Waals surface area (Å²) in [6.07, 6.45) is 3.42. The van der Waals surface area contributed by atoms with E-state index in [1.165, 1.54) is 0 Å². The first-order chi connectivity index (χ1) is 6.16. The normalized spacial score (nSPS) is 21.1. The second kappa shape index (κ2) is 4.61. The third-order valence-corrected chi connectivity index (χ3v) is 2.51. The fourth-order valence-electron chi connectivity index (χ4n) is 1.57. The minimum atomic E-state index is -0.0233. The highest BCUT2D eigenvalue weighted by atomic mass is 16.5. The average Bonchev–Trinajstić information content (AvgIpc) is 2.04. The molecule has 1 fully saturated rings. The molecule has 3 nitrogen and oxygen atoms in total. The van der Waals surface area contributed by atoms with Crippen molar-refractivity contribution in [3.05, 3.63) is 0 Å². The second-order valence-electron chi connectivity index (χ2n) is 3.97. The van der Waals surface area contributed by atoms with Gasteiger partial charge in [-0.3, -0.25) is 4.79 Å². The molecule has 1 aliphatic rings. The van der Waals surface area contributed by atoms with Crippen molar-refractivity contribution in [1.82, 2.24) is 5.32 Å². The Hall–Kier alpha value is -0.570. The first-order valence-corrected chi connectivity index (χ1v) is 5.05. The highest BCUT2D eigenvalue weighted by molar-refractivity contribution is 5.76.